The first-order chi connectivity index (χ1) is 11.1. The zero-order valence-corrected chi connectivity index (χ0v) is 14.8. The molecule has 1 saturated heterocycles. The summed E-state index contributed by atoms with van der Waals surface area (Å²) in [6.45, 7) is 4.45. The van der Waals surface area contributed by atoms with Gasteiger partial charge >= 0.3 is 0 Å². The van der Waals surface area contributed by atoms with E-state index in [1.165, 1.54) is 16.0 Å². The first-order valence-corrected chi connectivity index (χ1v) is 9.56. The van der Waals surface area contributed by atoms with Crippen LogP contribution >= 0.6 is 11.3 Å². The molecule has 1 aliphatic heterocycles. The standard InChI is InChI=1S/C20H25NOS/c1-14-13-15-5-3-4-6-17(15)20(22,18-9-12-23-19(14)18)16-7-10-21(2)11-8-16/h3-6,9,12,14,16,22H,7-8,10-11,13H2,1-2H3. The molecule has 1 fully saturated rings. The van der Waals surface area contributed by atoms with Crippen molar-refractivity contribution in [2.75, 3.05) is 20.1 Å². The van der Waals surface area contributed by atoms with E-state index in [9.17, 15) is 5.11 Å². The van der Waals surface area contributed by atoms with Crippen LogP contribution in [0, 0.1) is 5.92 Å². The Morgan fingerprint density at radius 3 is 2.65 bits per heavy atom. The Kier molecular flexibility index (Phi) is 3.83. The summed E-state index contributed by atoms with van der Waals surface area (Å²) in [7, 11) is 2.18. The van der Waals surface area contributed by atoms with Crippen molar-refractivity contribution in [3.8, 4) is 0 Å². The average Bonchev–Trinajstić information content (AvgIpc) is 3.02. The molecule has 0 saturated carbocycles. The van der Waals surface area contributed by atoms with Crippen LogP contribution in [0.4, 0.5) is 0 Å². The van der Waals surface area contributed by atoms with E-state index in [2.05, 4.69) is 54.6 Å². The number of rotatable bonds is 1. The van der Waals surface area contributed by atoms with Crippen LogP contribution in [-0.4, -0.2) is 30.1 Å². The number of thiophene rings is 1. The fraction of sp³-hybridized carbons (Fsp3) is 0.500. The van der Waals surface area contributed by atoms with Gasteiger partial charge in [0.05, 0.1) is 0 Å². The molecule has 23 heavy (non-hydrogen) atoms. The third-order valence-corrected chi connectivity index (χ3v) is 6.97. The monoisotopic (exact) mass is 327 g/mol. The molecular formula is C20H25NOS. The number of fused-ring (bicyclic) bond motifs is 2. The van der Waals surface area contributed by atoms with Crippen LogP contribution in [0.1, 0.15) is 47.3 Å². The maximum atomic E-state index is 12.1. The van der Waals surface area contributed by atoms with Crippen molar-refractivity contribution in [1.82, 2.24) is 4.90 Å². The molecule has 3 heteroatoms. The first-order valence-electron chi connectivity index (χ1n) is 8.68. The molecule has 2 atom stereocenters. The van der Waals surface area contributed by atoms with Gasteiger partial charge in [0, 0.05) is 10.4 Å². The topological polar surface area (TPSA) is 23.5 Å². The van der Waals surface area contributed by atoms with Gasteiger partial charge in [-0.05, 0) is 73.8 Å². The summed E-state index contributed by atoms with van der Waals surface area (Å²) in [5.74, 6) is 0.782. The Balaban J connectivity index is 1.89. The van der Waals surface area contributed by atoms with E-state index in [0.717, 1.165) is 37.9 Å². The maximum Gasteiger partial charge on any atom is 0.119 e. The lowest BCUT2D eigenvalue weighted by atomic mass is 9.71. The van der Waals surface area contributed by atoms with Crippen LogP contribution in [-0.2, 0) is 12.0 Å². The minimum atomic E-state index is -0.821. The summed E-state index contributed by atoms with van der Waals surface area (Å²) >= 11 is 1.81. The zero-order chi connectivity index (χ0) is 16.0. The van der Waals surface area contributed by atoms with Gasteiger partial charge < -0.3 is 10.0 Å². The van der Waals surface area contributed by atoms with Gasteiger partial charge in [-0.1, -0.05) is 31.2 Å². The second-order valence-electron chi connectivity index (χ2n) is 7.30. The van der Waals surface area contributed by atoms with Gasteiger partial charge in [-0.3, -0.25) is 0 Å². The zero-order valence-electron chi connectivity index (χ0n) is 14.0. The van der Waals surface area contributed by atoms with Crippen LogP contribution in [0.15, 0.2) is 35.7 Å². The van der Waals surface area contributed by atoms with E-state index >= 15 is 0 Å². The predicted molar refractivity (Wildman–Crippen MR) is 96.1 cm³/mol. The molecule has 0 spiro atoms. The predicted octanol–water partition coefficient (Wildman–Crippen LogP) is 3.99. The Labute approximate surface area is 142 Å². The van der Waals surface area contributed by atoms with E-state index in [1.54, 1.807) is 0 Å². The summed E-state index contributed by atoms with van der Waals surface area (Å²) in [5.41, 5.74) is 2.83. The highest BCUT2D eigenvalue weighted by Crippen LogP contribution is 2.49. The summed E-state index contributed by atoms with van der Waals surface area (Å²) in [5, 5.41) is 14.2. The summed E-state index contributed by atoms with van der Waals surface area (Å²) in [6.07, 6.45) is 3.15. The summed E-state index contributed by atoms with van der Waals surface area (Å²) < 4.78 is 0. The lowest BCUT2D eigenvalue weighted by Gasteiger charge is -2.41. The number of aliphatic hydroxyl groups is 1. The molecule has 2 nitrogen and oxygen atoms in total. The summed E-state index contributed by atoms with van der Waals surface area (Å²) in [4.78, 5) is 3.75. The van der Waals surface area contributed by atoms with Crippen molar-refractivity contribution in [3.05, 3.63) is 57.3 Å². The van der Waals surface area contributed by atoms with E-state index in [-0.39, 0.29) is 0 Å². The van der Waals surface area contributed by atoms with Gasteiger partial charge in [0.25, 0.3) is 0 Å². The molecule has 1 aromatic heterocycles. The van der Waals surface area contributed by atoms with Crippen LogP contribution in [0.3, 0.4) is 0 Å². The molecule has 1 N–H and O–H groups in total. The molecule has 0 radical (unpaired) electrons. The molecular weight excluding hydrogens is 302 g/mol. The Hall–Kier alpha value is -1.16. The third-order valence-electron chi connectivity index (χ3n) is 5.82. The van der Waals surface area contributed by atoms with E-state index in [1.807, 2.05) is 11.3 Å². The highest BCUT2D eigenvalue weighted by atomic mass is 32.1. The molecule has 2 aromatic rings. The van der Waals surface area contributed by atoms with Gasteiger partial charge in [0.2, 0.25) is 0 Å². The third kappa shape index (κ3) is 2.37. The summed E-state index contributed by atoms with van der Waals surface area (Å²) in [6, 6.07) is 10.7. The van der Waals surface area contributed by atoms with Gasteiger partial charge in [0.1, 0.15) is 5.60 Å². The molecule has 2 heterocycles. The molecule has 0 amide bonds. The fourth-order valence-electron chi connectivity index (χ4n) is 4.52. The van der Waals surface area contributed by atoms with Crippen LogP contribution in [0.25, 0.3) is 0 Å². The van der Waals surface area contributed by atoms with E-state index in [0.29, 0.717) is 11.8 Å². The lowest BCUT2D eigenvalue weighted by molar-refractivity contribution is -0.0110. The second-order valence-corrected chi connectivity index (χ2v) is 8.25. The number of hydrogen-bond donors (Lipinski definition) is 1. The number of nitrogens with zero attached hydrogens (tertiary/aromatic N) is 1. The normalized spacial score (nSPS) is 28.9. The van der Waals surface area contributed by atoms with Crippen molar-refractivity contribution in [1.29, 1.82) is 0 Å². The van der Waals surface area contributed by atoms with Crippen molar-refractivity contribution in [2.45, 2.75) is 37.7 Å². The number of piperidine rings is 1. The molecule has 122 valence electrons. The van der Waals surface area contributed by atoms with Gasteiger partial charge in [-0.25, -0.2) is 0 Å². The minimum Gasteiger partial charge on any atom is -0.380 e. The average molecular weight is 327 g/mol. The maximum absolute atomic E-state index is 12.1. The first kappa shape index (κ1) is 15.4. The molecule has 0 bridgehead atoms. The number of likely N-dealkylation sites (tertiary alicyclic amines) is 1. The molecule has 4 rings (SSSR count). The van der Waals surface area contributed by atoms with Crippen molar-refractivity contribution >= 4 is 11.3 Å². The van der Waals surface area contributed by atoms with Gasteiger partial charge in [-0.15, -0.1) is 11.3 Å². The highest BCUT2D eigenvalue weighted by Gasteiger charge is 2.46. The largest absolute Gasteiger partial charge is 0.380 e. The Morgan fingerprint density at radius 1 is 1.13 bits per heavy atom. The molecule has 2 aliphatic rings. The molecule has 1 aliphatic carbocycles. The highest BCUT2D eigenvalue weighted by molar-refractivity contribution is 7.10. The molecule has 1 aromatic carbocycles. The minimum absolute atomic E-state index is 0.304. The van der Waals surface area contributed by atoms with E-state index in [4.69, 9.17) is 0 Å². The quantitative estimate of drug-likeness (QED) is 0.856. The number of hydrogen-bond acceptors (Lipinski definition) is 3. The smallest absolute Gasteiger partial charge is 0.119 e. The van der Waals surface area contributed by atoms with Crippen LogP contribution in [0.2, 0.25) is 0 Å². The lowest BCUT2D eigenvalue weighted by Crippen LogP contribution is -2.43. The van der Waals surface area contributed by atoms with Gasteiger partial charge in [0.15, 0.2) is 0 Å². The van der Waals surface area contributed by atoms with Crippen LogP contribution in [0.5, 0.6) is 0 Å². The SMILES string of the molecule is CC1Cc2ccccc2C(O)(C2CCN(C)CC2)c2ccsc21. The van der Waals surface area contributed by atoms with Gasteiger partial charge in [-0.2, -0.15) is 0 Å². The van der Waals surface area contributed by atoms with E-state index < -0.39 is 5.60 Å². The Morgan fingerprint density at radius 2 is 1.87 bits per heavy atom. The van der Waals surface area contributed by atoms with Crippen molar-refractivity contribution < 1.29 is 5.11 Å². The number of benzene rings is 1. The molecule has 2 unspecified atom stereocenters. The van der Waals surface area contributed by atoms with Crippen molar-refractivity contribution in [3.63, 3.8) is 0 Å². The fourth-order valence-corrected chi connectivity index (χ4v) is 5.54. The van der Waals surface area contributed by atoms with Crippen LogP contribution < -0.4 is 0 Å². The Bertz CT molecular complexity index is 701. The van der Waals surface area contributed by atoms with Crippen molar-refractivity contribution in [2.24, 2.45) is 5.92 Å². The second kappa shape index (κ2) is 5.73.